The smallest absolute Gasteiger partial charge is 0.257 e. The summed E-state index contributed by atoms with van der Waals surface area (Å²) in [6.45, 7) is 0.661. The zero-order valence-electron chi connectivity index (χ0n) is 16.1. The van der Waals surface area contributed by atoms with E-state index in [1.54, 1.807) is 12.1 Å². The standard InChI is InChI=1S/C20H19ClFN3O4S/c1-28-18-7-6-16(12-17(18)21)30(26,27)25-10-8-13(9-11-25)19-23-20(29-24-19)14-2-4-15(22)5-3-14/h2-7,12-13H,8-11H2,1H3. The fourth-order valence-electron chi connectivity index (χ4n) is 3.42. The molecule has 0 N–H and O–H groups in total. The van der Waals surface area contributed by atoms with E-state index in [2.05, 4.69) is 10.1 Å². The van der Waals surface area contributed by atoms with Gasteiger partial charge in [-0.2, -0.15) is 9.29 Å². The first kappa shape index (κ1) is 20.8. The summed E-state index contributed by atoms with van der Waals surface area (Å²) >= 11 is 6.08. The third-order valence-corrected chi connectivity index (χ3v) is 7.30. The van der Waals surface area contributed by atoms with Crippen LogP contribution in [0.15, 0.2) is 51.9 Å². The first-order valence-corrected chi connectivity index (χ1v) is 11.1. The zero-order valence-corrected chi connectivity index (χ0v) is 17.7. The molecule has 30 heavy (non-hydrogen) atoms. The van der Waals surface area contributed by atoms with E-state index in [1.807, 2.05) is 0 Å². The van der Waals surface area contributed by atoms with Crippen LogP contribution in [-0.4, -0.2) is 43.1 Å². The van der Waals surface area contributed by atoms with Crippen molar-refractivity contribution in [3.8, 4) is 17.2 Å². The highest BCUT2D eigenvalue weighted by Crippen LogP contribution is 2.33. The topological polar surface area (TPSA) is 85.5 Å². The van der Waals surface area contributed by atoms with Crippen molar-refractivity contribution in [3.05, 3.63) is 59.1 Å². The predicted molar refractivity (Wildman–Crippen MR) is 108 cm³/mol. The third-order valence-electron chi connectivity index (χ3n) is 5.11. The van der Waals surface area contributed by atoms with Crippen molar-refractivity contribution in [1.29, 1.82) is 0 Å². The molecular weight excluding hydrogens is 433 g/mol. The molecule has 4 rings (SSSR count). The van der Waals surface area contributed by atoms with Crippen molar-refractivity contribution in [2.24, 2.45) is 0 Å². The Balaban J connectivity index is 1.45. The Morgan fingerprint density at radius 3 is 2.50 bits per heavy atom. The van der Waals surface area contributed by atoms with Crippen LogP contribution in [0.25, 0.3) is 11.5 Å². The molecule has 1 saturated heterocycles. The van der Waals surface area contributed by atoms with Crippen LogP contribution in [0.5, 0.6) is 5.75 Å². The fraction of sp³-hybridized carbons (Fsp3) is 0.300. The Bertz CT molecular complexity index is 1140. The molecule has 1 aromatic heterocycles. The monoisotopic (exact) mass is 451 g/mol. The minimum atomic E-state index is -3.66. The van der Waals surface area contributed by atoms with Crippen LogP contribution in [0, 0.1) is 5.82 Å². The van der Waals surface area contributed by atoms with Crippen LogP contribution in [-0.2, 0) is 10.0 Å². The van der Waals surface area contributed by atoms with E-state index in [9.17, 15) is 12.8 Å². The van der Waals surface area contributed by atoms with Gasteiger partial charge in [-0.05, 0) is 55.3 Å². The normalized spacial score (nSPS) is 16.0. The minimum absolute atomic E-state index is 0.0196. The number of nitrogens with zero attached hydrogens (tertiary/aromatic N) is 3. The molecule has 0 radical (unpaired) electrons. The van der Waals surface area contributed by atoms with E-state index in [0.717, 1.165) is 0 Å². The van der Waals surface area contributed by atoms with Crippen molar-refractivity contribution in [3.63, 3.8) is 0 Å². The summed E-state index contributed by atoms with van der Waals surface area (Å²) in [7, 11) is -2.19. The first-order valence-electron chi connectivity index (χ1n) is 9.31. The fourth-order valence-corrected chi connectivity index (χ4v) is 5.24. The Kier molecular flexibility index (Phi) is 5.77. The number of rotatable bonds is 5. The molecule has 2 heterocycles. The number of halogens is 2. The number of aromatic nitrogens is 2. The number of ether oxygens (including phenoxy) is 1. The highest BCUT2D eigenvalue weighted by Gasteiger charge is 2.32. The van der Waals surface area contributed by atoms with Gasteiger partial charge in [-0.1, -0.05) is 16.8 Å². The van der Waals surface area contributed by atoms with Crippen LogP contribution in [0.1, 0.15) is 24.6 Å². The van der Waals surface area contributed by atoms with Gasteiger partial charge < -0.3 is 9.26 Å². The van der Waals surface area contributed by atoms with E-state index >= 15 is 0 Å². The number of piperidine rings is 1. The van der Waals surface area contributed by atoms with Gasteiger partial charge in [0.05, 0.1) is 17.0 Å². The van der Waals surface area contributed by atoms with Gasteiger partial charge in [0, 0.05) is 24.6 Å². The lowest BCUT2D eigenvalue weighted by atomic mass is 9.97. The SMILES string of the molecule is COc1ccc(S(=O)(=O)N2CCC(c3noc(-c4ccc(F)cc4)n3)CC2)cc1Cl. The minimum Gasteiger partial charge on any atom is -0.495 e. The second-order valence-corrected chi connectivity index (χ2v) is 9.28. The van der Waals surface area contributed by atoms with Crippen molar-refractivity contribution in [2.75, 3.05) is 20.2 Å². The van der Waals surface area contributed by atoms with E-state index in [1.165, 1.54) is 41.7 Å². The molecule has 7 nitrogen and oxygen atoms in total. The van der Waals surface area contributed by atoms with Gasteiger partial charge in [-0.25, -0.2) is 12.8 Å². The zero-order chi connectivity index (χ0) is 21.3. The van der Waals surface area contributed by atoms with Gasteiger partial charge in [0.15, 0.2) is 5.82 Å². The lowest BCUT2D eigenvalue weighted by molar-refractivity contribution is 0.307. The van der Waals surface area contributed by atoms with Crippen molar-refractivity contribution in [1.82, 2.24) is 14.4 Å². The van der Waals surface area contributed by atoms with Crippen LogP contribution < -0.4 is 4.74 Å². The van der Waals surface area contributed by atoms with Crippen LogP contribution in [0.2, 0.25) is 5.02 Å². The van der Waals surface area contributed by atoms with Crippen LogP contribution in [0.3, 0.4) is 0 Å². The molecule has 0 amide bonds. The van der Waals surface area contributed by atoms with Crippen molar-refractivity contribution < 1.29 is 22.1 Å². The van der Waals surface area contributed by atoms with Gasteiger partial charge in [0.1, 0.15) is 11.6 Å². The van der Waals surface area contributed by atoms with E-state index in [4.69, 9.17) is 20.9 Å². The highest BCUT2D eigenvalue weighted by molar-refractivity contribution is 7.89. The number of sulfonamides is 1. The van der Waals surface area contributed by atoms with Gasteiger partial charge in [-0.15, -0.1) is 0 Å². The van der Waals surface area contributed by atoms with E-state index in [-0.39, 0.29) is 21.7 Å². The Hall–Kier alpha value is -2.49. The quantitative estimate of drug-likeness (QED) is 0.580. The molecule has 1 aliphatic heterocycles. The summed E-state index contributed by atoms with van der Waals surface area (Å²) in [5, 5.41) is 4.28. The molecule has 0 bridgehead atoms. The summed E-state index contributed by atoms with van der Waals surface area (Å²) in [4.78, 5) is 4.54. The lowest BCUT2D eigenvalue weighted by Gasteiger charge is -2.29. The maximum Gasteiger partial charge on any atom is 0.257 e. The Labute approximate surface area is 178 Å². The summed E-state index contributed by atoms with van der Waals surface area (Å²) in [5.74, 6) is 0.897. The summed E-state index contributed by atoms with van der Waals surface area (Å²) in [6, 6.07) is 10.2. The number of hydrogen-bond donors (Lipinski definition) is 0. The first-order chi connectivity index (χ1) is 14.4. The van der Waals surface area contributed by atoms with Gasteiger partial charge in [0.25, 0.3) is 5.89 Å². The molecule has 0 atom stereocenters. The van der Waals surface area contributed by atoms with Crippen molar-refractivity contribution >= 4 is 21.6 Å². The third kappa shape index (κ3) is 4.05. The van der Waals surface area contributed by atoms with Gasteiger partial charge in [-0.3, -0.25) is 0 Å². The molecule has 1 fully saturated rings. The maximum atomic E-state index is 13.1. The molecule has 3 aromatic rings. The average molecular weight is 452 g/mol. The second-order valence-electron chi connectivity index (χ2n) is 6.94. The Morgan fingerprint density at radius 2 is 1.87 bits per heavy atom. The molecule has 10 heteroatoms. The number of hydrogen-bond acceptors (Lipinski definition) is 6. The van der Waals surface area contributed by atoms with Crippen molar-refractivity contribution in [2.45, 2.75) is 23.7 Å². The van der Waals surface area contributed by atoms with Crippen LogP contribution in [0.4, 0.5) is 4.39 Å². The van der Waals surface area contributed by atoms with Gasteiger partial charge in [0.2, 0.25) is 10.0 Å². The molecule has 2 aromatic carbocycles. The molecule has 0 unspecified atom stereocenters. The molecule has 1 aliphatic rings. The molecule has 158 valence electrons. The lowest BCUT2D eigenvalue weighted by Crippen LogP contribution is -2.38. The summed E-state index contributed by atoms with van der Waals surface area (Å²) < 4.78 is 50.8. The number of benzene rings is 2. The second kappa shape index (κ2) is 8.33. The number of methoxy groups -OCH3 is 1. The largest absolute Gasteiger partial charge is 0.495 e. The Morgan fingerprint density at radius 1 is 1.17 bits per heavy atom. The maximum absolute atomic E-state index is 13.1. The molecule has 0 saturated carbocycles. The average Bonchev–Trinajstić information content (AvgIpc) is 3.24. The van der Waals surface area contributed by atoms with E-state index < -0.39 is 10.0 Å². The summed E-state index contributed by atoms with van der Waals surface area (Å²) in [6.07, 6.45) is 1.12. The molecule has 0 aliphatic carbocycles. The molecular formula is C20H19ClFN3O4S. The molecule has 0 spiro atoms. The van der Waals surface area contributed by atoms with Gasteiger partial charge >= 0.3 is 0 Å². The summed E-state index contributed by atoms with van der Waals surface area (Å²) in [5.41, 5.74) is 0.631. The van der Waals surface area contributed by atoms with E-state index in [0.29, 0.717) is 49.0 Å². The van der Waals surface area contributed by atoms with Crippen LogP contribution >= 0.6 is 11.6 Å². The predicted octanol–water partition coefficient (Wildman–Crippen LogP) is 4.11. The highest BCUT2D eigenvalue weighted by atomic mass is 35.5.